The van der Waals surface area contributed by atoms with Gasteiger partial charge in [-0.1, -0.05) is 6.92 Å². The van der Waals surface area contributed by atoms with Crippen molar-refractivity contribution in [1.29, 1.82) is 0 Å². The first kappa shape index (κ1) is 12.2. The summed E-state index contributed by atoms with van der Waals surface area (Å²) in [5.74, 6) is -0.535. The number of hydrogen-bond acceptors (Lipinski definition) is 2. The van der Waals surface area contributed by atoms with Crippen LogP contribution in [-0.2, 0) is 4.79 Å². The Hall–Kier alpha value is -0.780. The number of carbonyl (C=O) groups is 1. The van der Waals surface area contributed by atoms with E-state index in [1.165, 1.54) is 0 Å². The summed E-state index contributed by atoms with van der Waals surface area (Å²) < 4.78 is 34.8. The molecule has 3 nitrogen and oxygen atoms in total. The molecule has 0 aromatic carbocycles. The van der Waals surface area contributed by atoms with Gasteiger partial charge in [-0.2, -0.15) is 13.2 Å². The van der Waals surface area contributed by atoms with Gasteiger partial charge in [-0.15, -0.1) is 0 Å². The van der Waals surface area contributed by atoms with Crippen molar-refractivity contribution in [3.63, 3.8) is 0 Å². The van der Waals surface area contributed by atoms with Gasteiger partial charge in [0, 0.05) is 6.54 Å². The van der Waals surface area contributed by atoms with E-state index in [1.54, 1.807) is 6.92 Å². The van der Waals surface area contributed by atoms with Crippen LogP contribution in [0.25, 0.3) is 0 Å². The van der Waals surface area contributed by atoms with Gasteiger partial charge >= 0.3 is 6.18 Å². The van der Waals surface area contributed by atoms with Gasteiger partial charge in [0.1, 0.15) is 0 Å². The average molecular weight is 198 g/mol. The summed E-state index contributed by atoms with van der Waals surface area (Å²) in [6.45, 7) is 1.28. The predicted molar refractivity (Wildman–Crippen MR) is 41.9 cm³/mol. The van der Waals surface area contributed by atoms with Crippen LogP contribution in [0.2, 0.25) is 0 Å². The first-order chi connectivity index (χ1) is 5.87. The molecule has 3 N–H and O–H groups in total. The zero-order valence-electron chi connectivity index (χ0n) is 7.32. The third-order valence-corrected chi connectivity index (χ3v) is 1.48. The highest BCUT2D eigenvalue weighted by molar-refractivity contribution is 5.81. The molecule has 78 valence electrons. The van der Waals surface area contributed by atoms with Crippen molar-refractivity contribution in [3.8, 4) is 0 Å². The smallest absolute Gasteiger partial charge is 0.354 e. The van der Waals surface area contributed by atoms with Crippen molar-refractivity contribution in [2.24, 2.45) is 5.73 Å². The van der Waals surface area contributed by atoms with Crippen LogP contribution in [-0.4, -0.2) is 24.7 Å². The molecule has 6 heteroatoms. The van der Waals surface area contributed by atoms with Gasteiger partial charge in [0.05, 0.1) is 12.5 Å². The van der Waals surface area contributed by atoms with Crippen molar-refractivity contribution >= 4 is 5.91 Å². The number of amides is 1. The van der Waals surface area contributed by atoms with Crippen LogP contribution in [0.3, 0.4) is 0 Å². The van der Waals surface area contributed by atoms with Crippen LogP contribution < -0.4 is 11.1 Å². The molecule has 1 atom stereocenters. The highest BCUT2D eigenvalue weighted by Gasteiger charge is 2.26. The third kappa shape index (κ3) is 6.39. The van der Waals surface area contributed by atoms with E-state index in [0.29, 0.717) is 6.42 Å². The number of nitrogens with one attached hydrogen (secondary N) is 1. The van der Waals surface area contributed by atoms with E-state index in [-0.39, 0.29) is 0 Å². The van der Waals surface area contributed by atoms with Crippen molar-refractivity contribution in [2.45, 2.75) is 32.0 Å². The molecule has 0 aromatic heterocycles. The molecule has 0 spiro atoms. The normalized spacial score (nSPS) is 13.9. The summed E-state index contributed by atoms with van der Waals surface area (Å²) in [5, 5.41) is 2.11. The SMILES string of the molecule is CC[C@H](N)C(=O)NCCC(F)(F)F. The standard InChI is InChI=1S/C7H13F3N2O/c1-2-5(11)6(13)12-4-3-7(8,9)10/h5H,2-4,11H2,1H3,(H,12,13)/t5-/m0/s1. The summed E-state index contributed by atoms with van der Waals surface area (Å²) in [4.78, 5) is 10.9. The maximum atomic E-state index is 11.6. The summed E-state index contributed by atoms with van der Waals surface area (Å²) >= 11 is 0. The van der Waals surface area contributed by atoms with Crippen molar-refractivity contribution in [2.75, 3.05) is 6.54 Å². The minimum Gasteiger partial charge on any atom is -0.354 e. The highest BCUT2D eigenvalue weighted by Crippen LogP contribution is 2.18. The second-order valence-corrected chi connectivity index (χ2v) is 2.67. The van der Waals surface area contributed by atoms with Crippen LogP contribution in [0.4, 0.5) is 13.2 Å². The lowest BCUT2D eigenvalue weighted by Gasteiger charge is -2.10. The Labute approximate surface area is 74.5 Å². The Kier molecular flexibility index (Phi) is 4.76. The molecular formula is C7H13F3N2O. The minimum atomic E-state index is -4.23. The number of nitrogens with two attached hydrogens (primary N) is 1. The summed E-state index contributed by atoms with van der Waals surface area (Å²) in [6, 6.07) is -0.715. The van der Waals surface area contributed by atoms with Gasteiger partial charge in [0.25, 0.3) is 0 Å². The van der Waals surface area contributed by atoms with E-state index >= 15 is 0 Å². The van der Waals surface area contributed by atoms with Crippen LogP contribution in [0, 0.1) is 0 Å². The molecule has 0 aliphatic rings. The fraction of sp³-hybridized carbons (Fsp3) is 0.857. The van der Waals surface area contributed by atoms with Crippen molar-refractivity contribution in [3.05, 3.63) is 0 Å². The molecule has 0 rings (SSSR count). The lowest BCUT2D eigenvalue weighted by atomic mass is 10.2. The van der Waals surface area contributed by atoms with Crippen LogP contribution in [0.5, 0.6) is 0 Å². The molecule has 0 bridgehead atoms. The largest absolute Gasteiger partial charge is 0.390 e. The van der Waals surface area contributed by atoms with E-state index in [9.17, 15) is 18.0 Å². The van der Waals surface area contributed by atoms with E-state index in [0.717, 1.165) is 0 Å². The Morgan fingerprint density at radius 1 is 1.54 bits per heavy atom. The number of hydrogen-bond donors (Lipinski definition) is 2. The van der Waals surface area contributed by atoms with Gasteiger partial charge < -0.3 is 11.1 Å². The molecular weight excluding hydrogens is 185 g/mol. The van der Waals surface area contributed by atoms with E-state index in [1.807, 2.05) is 0 Å². The molecule has 13 heavy (non-hydrogen) atoms. The molecule has 0 aliphatic heterocycles. The van der Waals surface area contributed by atoms with E-state index < -0.39 is 31.1 Å². The number of alkyl halides is 3. The number of rotatable bonds is 4. The third-order valence-electron chi connectivity index (χ3n) is 1.48. The monoisotopic (exact) mass is 198 g/mol. The van der Waals surface area contributed by atoms with Crippen LogP contribution >= 0.6 is 0 Å². The second-order valence-electron chi connectivity index (χ2n) is 2.67. The molecule has 0 aromatic rings. The highest BCUT2D eigenvalue weighted by atomic mass is 19.4. The Bertz CT molecular complexity index is 170. The molecule has 0 unspecified atom stereocenters. The van der Waals surface area contributed by atoms with Gasteiger partial charge in [-0.05, 0) is 6.42 Å². The molecule has 0 saturated heterocycles. The zero-order chi connectivity index (χ0) is 10.5. The predicted octanol–water partition coefficient (Wildman–Crippen LogP) is 0.792. The molecule has 1 amide bonds. The molecule has 0 aliphatic carbocycles. The van der Waals surface area contributed by atoms with Crippen molar-refractivity contribution < 1.29 is 18.0 Å². The maximum absolute atomic E-state index is 11.6. The fourth-order valence-electron chi connectivity index (χ4n) is 0.644. The maximum Gasteiger partial charge on any atom is 0.390 e. The molecule has 0 fully saturated rings. The Balaban J connectivity index is 3.60. The summed E-state index contributed by atoms with van der Waals surface area (Å²) in [6.07, 6.45) is -4.84. The first-order valence-electron chi connectivity index (χ1n) is 3.97. The fourth-order valence-corrected chi connectivity index (χ4v) is 0.644. The summed E-state index contributed by atoms with van der Waals surface area (Å²) in [7, 11) is 0. The first-order valence-corrected chi connectivity index (χ1v) is 3.97. The van der Waals surface area contributed by atoms with E-state index in [4.69, 9.17) is 5.73 Å². The Morgan fingerprint density at radius 3 is 2.46 bits per heavy atom. The average Bonchev–Trinajstić information content (AvgIpc) is 2.00. The zero-order valence-corrected chi connectivity index (χ0v) is 7.32. The number of carbonyl (C=O) groups excluding carboxylic acids is 1. The van der Waals surface area contributed by atoms with E-state index in [2.05, 4.69) is 5.32 Å². The second kappa shape index (κ2) is 5.06. The topological polar surface area (TPSA) is 55.1 Å². The minimum absolute atomic E-state index is 0.407. The Morgan fingerprint density at radius 2 is 2.08 bits per heavy atom. The van der Waals surface area contributed by atoms with Crippen LogP contribution in [0.15, 0.2) is 0 Å². The van der Waals surface area contributed by atoms with Crippen molar-refractivity contribution in [1.82, 2.24) is 5.32 Å². The van der Waals surface area contributed by atoms with Gasteiger partial charge in [-0.25, -0.2) is 0 Å². The quantitative estimate of drug-likeness (QED) is 0.701. The lowest BCUT2D eigenvalue weighted by Crippen LogP contribution is -2.41. The molecule has 0 radical (unpaired) electrons. The lowest BCUT2D eigenvalue weighted by molar-refractivity contribution is -0.135. The molecule has 0 saturated carbocycles. The summed E-state index contributed by atoms with van der Waals surface area (Å²) in [5.41, 5.74) is 5.27. The van der Waals surface area contributed by atoms with Gasteiger partial charge in [0.15, 0.2) is 0 Å². The number of halogens is 3. The molecule has 0 heterocycles. The van der Waals surface area contributed by atoms with Crippen LogP contribution in [0.1, 0.15) is 19.8 Å². The van der Waals surface area contributed by atoms with Gasteiger partial charge in [0.2, 0.25) is 5.91 Å². The van der Waals surface area contributed by atoms with Gasteiger partial charge in [-0.3, -0.25) is 4.79 Å².